The predicted octanol–water partition coefficient (Wildman–Crippen LogP) is 2.73. The van der Waals surface area contributed by atoms with Crippen LogP contribution in [-0.4, -0.2) is 258 Å². The van der Waals surface area contributed by atoms with Crippen LogP contribution >= 0.6 is 0 Å². The van der Waals surface area contributed by atoms with E-state index in [1.54, 1.807) is 60.6 Å². The molecule has 0 aromatic rings. The Morgan fingerprint density at radius 3 is 1.45 bits per heavy atom. The number of nitrogens with one attached hydrogen (secondary N) is 4. The molecule has 13 atom stereocenters. The number of carboxylic acids is 1. The fourth-order valence-corrected chi connectivity index (χ4v) is 11.5. The molecular formula is C68H118N12O18. The second-order valence-electron chi connectivity index (χ2n) is 28.4. The number of nitrogens with zero attached hydrogens (tertiary/aromatic N) is 7. The molecule has 0 radical (unpaired) electrons. The number of amides is 11. The summed E-state index contributed by atoms with van der Waals surface area (Å²) in [4.78, 5) is 208. The molecule has 30 heteroatoms. The van der Waals surface area contributed by atoms with Crippen LogP contribution in [0.3, 0.4) is 0 Å². The Balaban J connectivity index is 4.53. The summed E-state index contributed by atoms with van der Waals surface area (Å²) in [5, 5.41) is 20.1. The van der Waals surface area contributed by atoms with E-state index in [2.05, 4.69) is 21.3 Å². The molecule has 0 aromatic carbocycles. The van der Waals surface area contributed by atoms with Crippen LogP contribution in [0, 0.1) is 41.4 Å². The number of hydrogen-bond donors (Lipinski definition) is 6. The number of carbonyl (C=O) groups is 14. The number of hydrogen-bond acceptors (Lipinski definition) is 18. The van der Waals surface area contributed by atoms with Gasteiger partial charge in [-0.05, 0) is 101 Å². The Morgan fingerprint density at radius 1 is 0.531 bits per heavy atom. The van der Waals surface area contributed by atoms with E-state index in [1.807, 2.05) is 55.4 Å². The van der Waals surface area contributed by atoms with Crippen LogP contribution in [0.15, 0.2) is 12.2 Å². The van der Waals surface area contributed by atoms with Crippen LogP contribution in [0.4, 0.5) is 4.79 Å². The highest BCUT2D eigenvalue weighted by Gasteiger charge is 2.47. The zero-order valence-electron chi connectivity index (χ0n) is 62.6. The predicted molar refractivity (Wildman–Crippen MR) is 365 cm³/mol. The minimum absolute atomic E-state index is 0.0478. The molecule has 30 nitrogen and oxygen atoms in total. The molecule has 558 valence electrons. The summed E-state index contributed by atoms with van der Waals surface area (Å²) in [6.45, 7) is 27.2. The lowest BCUT2D eigenvalue weighted by Crippen LogP contribution is -2.64. The number of ether oxygens (including phenoxy) is 3. The molecule has 1 saturated heterocycles. The van der Waals surface area contributed by atoms with Crippen molar-refractivity contribution < 1.29 is 86.4 Å². The molecule has 1 aliphatic rings. The van der Waals surface area contributed by atoms with Crippen molar-refractivity contribution in [3.8, 4) is 0 Å². The smallest absolute Gasteiger partial charge is 0.480 e. The van der Waals surface area contributed by atoms with E-state index < -0.39 is 193 Å². The number of nitrogens with two attached hydrogens (primary N) is 1. The van der Waals surface area contributed by atoms with Crippen LogP contribution in [0.2, 0.25) is 0 Å². The molecule has 0 saturated carbocycles. The summed E-state index contributed by atoms with van der Waals surface area (Å²) >= 11 is 0. The average molecular weight is 1390 g/mol. The summed E-state index contributed by atoms with van der Waals surface area (Å²) in [6, 6.07) is -15.1. The molecule has 0 aromatic heterocycles. The fourth-order valence-electron chi connectivity index (χ4n) is 11.5. The molecule has 11 unspecified atom stereocenters. The molecule has 11 amide bonds. The molecule has 0 spiro atoms. The van der Waals surface area contributed by atoms with Gasteiger partial charge in [-0.1, -0.05) is 109 Å². The molecule has 7 N–H and O–H groups in total. The topological polar surface area (TPSA) is 384 Å². The first-order valence-corrected chi connectivity index (χ1v) is 33.9. The summed E-state index contributed by atoms with van der Waals surface area (Å²) in [5.74, 6) is -14.1. The number of likely N-dealkylation sites (N-methyl/N-ethyl adjacent to an activating group) is 7. The minimum atomic E-state index is -1.89. The van der Waals surface area contributed by atoms with Gasteiger partial charge in [-0.15, -0.1) is 0 Å². The Morgan fingerprint density at radius 2 is 0.980 bits per heavy atom. The van der Waals surface area contributed by atoms with E-state index in [0.29, 0.717) is 0 Å². The maximum atomic E-state index is 15.6. The van der Waals surface area contributed by atoms with Crippen LogP contribution in [-0.2, 0) is 76.5 Å². The molecule has 1 aliphatic heterocycles. The van der Waals surface area contributed by atoms with Crippen molar-refractivity contribution in [2.45, 2.75) is 235 Å². The third-order valence-electron chi connectivity index (χ3n) is 17.4. The molecule has 1 fully saturated rings. The molecule has 1 rings (SSSR count). The molecule has 98 heavy (non-hydrogen) atoms. The van der Waals surface area contributed by atoms with Crippen molar-refractivity contribution in [1.82, 2.24) is 55.6 Å². The Kier molecular flexibility index (Phi) is 36.7. The van der Waals surface area contributed by atoms with Gasteiger partial charge in [0.05, 0.1) is 13.0 Å². The zero-order valence-corrected chi connectivity index (χ0v) is 62.6. The van der Waals surface area contributed by atoms with Gasteiger partial charge in [0.1, 0.15) is 72.6 Å². The first kappa shape index (κ1) is 88.1. The lowest BCUT2D eigenvalue weighted by atomic mass is 9.91. The number of aliphatic carboxylic acids is 1. The van der Waals surface area contributed by atoms with E-state index in [9.17, 15) is 53.1 Å². The number of rotatable bonds is 21. The second-order valence-corrected chi connectivity index (χ2v) is 28.4. The maximum absolute atomic E-state index is 15.6. The third kappa shape index (κ3) is 26.1. The van der Waals surface area contributed by atoms with E-state index in [0.717, 1.165) is 19.6 Å². The summed E-state index contributed by atoms with van der Waals surface area (Å²) in [5.41, 5.74) is 5.47. The summed E-state index contributed by atoms with van der Waals surface area (Å²) in [7, 11) is 9.45. The van der Waals surface area contributed by atoms with Gasteiger partial charge in [-0.3, -0.25) is 62.3 Å². The Hall–Kier alpha value is -7.92. The Bertz CT molecular complexity index is 2790. The summed E-state index contributed by atoms with van der Waals surface area (Å²) < 4.78 is 15.9. The van der Waals surface area contributed by atoms with Gasteiger partial charge in [-0.2, -0.15) is 0 Å². The van der Waals surface area contributed by atoms with Crippen molar-refractivity contribution in [2.75, 3.05) is 62.7 Å². The highest BCUT2D eigenvalue weighted by atomic mass is 16.8. The minimum Gasteiger partial charge on any atom is -0.480 e. The first-order chi connectivity index (χ1) is 45.3. The lowest BCUT2D eigenvalue weighted by molar-refractivity contribution is -0.160. The number of carboxylic acid groups (broad SMARTS) is 1. The fraction of sp³-hybridized carbons (Fsp3) is 0.765. The first-order valence-electron chi connectivity index (χ1n) is 33.9. The average Bonchev–Trinajstić information content (AvgIpc) is 0.801. The quantitative estimate of drug-likeness (QED) is 0.0546. The van der Waals surface area contributed by atoms with Gasteiger partial charge in [0, 0.05) is 49.3 Å². The standard InChI is InChI=1S/C68H118N12O18/c1-25-27-28-42(15)56(98-68(95)97-35-96-52(82)33-45(69)67(93)94)55-60(86)72-46(26-2)62(88)74(18)34-51(81)75(19)47(29-36(3)4)59(85)73-53(40(11)12)65(91)76(20)48(30-37(5)6)58(84)70-43(16)57(83)71-44(17)61(87)77(21)49(31-38(7)8)63(89)78(22)50(32-39(9)10)64(90)79(23)54(41(13)14)66(92)80(55)24/h25,27,36-50,53-56H,26,28-35,69H2,1-24H3,(H,70,84)(H,71,83)(H,72,86)(H,73,85)(H,93,94)/b27-25+/t42-,43?,44?,45?,46?,47+,48?,49?,50?,53?,54?,55?,56?/m1/s1. The molecule has 0 bridgehead atoms. The molecule has 1 heterocycles. The van der Waals surface area contributed by atoms with E-state index in [-0.39, 0.29) is 62.2 Å². The normalized spacial score (nSPS) is 25.0. The van der Waals surface area contributed by atoms with Crippen molar-refractivity contribution in [2.24, 2.45) is 47.2 Å². The van der Waals surface area contributed by atoms with Crippen LogP contribution in [0.25, 0.3) is 0 Å². The van der Waals surface area contributed by atoms with E-state index in [1.165, 1.54) is 77.9 Å². The lowest BCUT2D eigenvalue weighted by Gasteiger charge is -2.42. The van der Waals surface area contributed by atoms with Crippen LogP contribution in [0.1, 0.15) is 163 Å². The monoisotopic (exact) mass is 1390 g/mol. The Labute approximate surface area is 580 Å². The largest absolute Gasteiger partial charge is 0.511 e. The molecular weight excluding hydrogens is 1270 g/mol. The van der Waals surface area contributed by atoms with Gasteiger partial charge in [0.15, 0.2) is 0 Å². The van der Waals surface area contributed by atoms with Gasteiger partial charge in [-0.25, -0.2) is 4.79 Å². The maximum Gasteiger partial charge on any atom is 0.511 e. The number of esters is 1. The highest BCUT2D eigenvalue weighted by Crippen LogP contribution is 2.27. The van der Waals surface area contributed by atoms with Gasteiger partial charge in [0.25, 0.3) is 0 Å². The summed E-state index contributed by atoms with van der Waals surface area (Å²) in [6.07, 6.45) is -0.319. The van der Waals surface area contributed by atoms with Gasteiger partial charge in [0.2, 0.25) is 71.8 Å². The zero-order chi connectivity index (χ0) is 75.8. The van der Waals surface area contributed by atoms with Crippen molar-refractivity contribution >= 4 is 83.1 Å². The number of carbonyl (C=O) groups excluding carboxylic acids is 13. The van der Waals surface area contributed by atoms with E-state index >= 15 is 19.2 Å². The highest BCUT2D eigenvalue weighted by molar-refractivity contribution is 6.00. The van der Waals surface area contributed by atoms with Crippen LogP contribution < -0.4 is 27.0 Å². The second kappa shape index (κ2) is 40.8. The van der Waals surface area contributed by atoms with Crippen LogP contribution in [0.5, 0.6) is 0 Å². The SMILES string of the molecule is C/C=C/C[C@@H](C)C(OC(=O)OCOC(=O)CC(N)C(=O)O)C1C(=O)NC(CC)C(=O)N(C)CC(=O)N(C)[C@@H](CC(C)C)C(=O)NC(C(C)C)C(=O)N(C)C(CC(C)C)C(=O)NC(C)C(=O)NC(C)C(=O)N(C)C(CC(C)C)C(=O)N(C)C(CC(C)C)C(=O)N(C)C(C(C)C)C(=O)N1C. The third-order valence-corrected chi connectivity index (χ3v) is 17.4. The van der Waals surface area contributed by atoms with Crippen molar-refractivity contribution in [1.29, 1.82) is 0 Å². The van der Waals surface area contributed by atoms with Crippen molar-refractivity contribution in [3.05, 3.63) is 12.2 Å². The van der Waals surface area contributed by atoms with Gasteiger partial charge >= 0.3 is 18.1 Å². The van der Waals surface area contributed by atoms with Gasteiger partial charge < -0.3 is 80.6 Å². The number of allylic oxidation sites excluding steroid dienone is 2. The molecule has 0 aliphatic carbocycles. The van der Waals surface area contributed by atoms with E-state index in [4.69, 9.17) is 19.9 Å². The van der Waals surface area contributed by atoms with Crippen molar-refractivity contribution in [3.63, 3.8) is 0 Å².